The largest absolute Gasteiger partial charge is 0.306 e. The van der Waals surface area contributed by atoms with Gasteiger partial charge in [-0.15, -0.1) is 0 Å². The van der Waals surface area contributed by atoms with Crippen LogP contribution in [0.15, 0.2) is 61.2 Å². The molecule has 0 amide bonds. The molecule has 1 atom stereocenters. The van der Waals surface area contributed by atoms with Gasteiger partial charge in [0.25, 0.3) is 0 Å². The van der Waals surface area contributed by atoms with E-state index in [0.29, 0.717) is 0 Å². The van der Waals surface area contributed by atoms with Crippen molar-refractivity contribution in [2.45, 2.75) is 13.0 Å². The van der Waals surface area contributed by atoms with Crippen LogP contribution >= 0.6 is 0 Å². The van der Waals surface area contributed by atoms with Crippen LogP contribution in [0.3, 0.4) is 0 Å². The summed E-state index contributed by atoms with van der Waals surface area (Å²) in [5, 5.41) is 5.94. The van der Waals surface area contributed by atoms with Crippen molar-refractivity contribution in [3.8, 4) is 0 Å². The second kappa shape index (κ2) is 5.80. The molecule has 0 saturated heterocycles. The molecule has 1 aromatic carbocycles. The van der Waals surface area contributed by atoms with E-state index in [2.05, 4.69) is 46.5 Å². The molecule has 3 heteroatoms. The molecule has 1 unspecified atom stereocenters. The van der Waals surface area contributed by atoms with Crippen LogP contribution in [0.4, 0.5) is 0 Å². The van der Waals surface area contributed by atoms with Gasteiger partial charge in [-0.2, -0.15) is 0 Å². The van der Waals surface area contributed by atoms with Crippen molar-refractivity contribution in [2.75, 3.05) is 6.54 Å². The van der Waals surface area contributed by atoms with Crippen LogP contribution in [0.25, 0.3) is 10.8 Å². The molecule has 0 spiro atoms. The topological polar surface area (TPSA) is 37.8 Å². The summed E-state index contributed by atoms with van der Waals surface area (Å²) in [5.41, 5.74) is 2.41. The Morgan fingerprint density at radius 1 is 1.00 bits per heavy atom. The molecule has 3 rings (SSSR count). The van der Waals surface area contributed by atoms with Crippen molar-refractivity contribution >= 4 is 10.8 Å². The van der Waals surface area contributed by atoms with Crippen molar-refractivity contribution in [3.63, 3.8) is 0 Å². The average Bonchev–Trinajstić information content (AvgIpc) is 2.53. The molecule has 0 aliphatic rings. The summed E-state index contributed by atoms with van der Waals surface area (Å²) in [6.07, 6.45) is 7.49. The number of hydrogen-bond acceptors (Lipinski definition) is 3. The molecule has 20 heavy (non-hydrogen) atoms. The van der Waals surface area contributed by atoms with Crippen LogP contribution in [-0.2, 0) is 0 Å². The highest BCUT2D eigenvalue weighted by molar-refractivity contribution is 5.85. The summed E-state index contributed by atoms with van der Waals surface area (Å²) in [4.78, 5) is 8.50. The second-order valence-corrected chi connectivity index (χ2v) is 4.72. The molecule has 2 heterocycles. The maximum absolute atomic E-state index is 4.27. The van der Waals surface area contributed by atoms with E-state index in [4.69, 9.17) is 0 Å². The van der Waals surface area contributed by atoms with E-state index in [-0.39, 0.29) is 6.04 Å². The van der Waals surface area contributed by atoms with Gasteiger partial charge in [-0.05, 0) is 35.2 Å². The lowest BCUT2D eigenvalue weighted by Crippen LogP contribution is -2.22. The first-order chi connectivity index (χ1) is 9.90. The molecular weight excluding hydrogens is 246 g/mol. The fourth-order valence-corrected chi connectivity index (χ4v) is 2.55. The van der Waals surface area contributed by atoms with E-state index in [9.17, 15) is 0 Å². The van der Waals surface area contributed by atoms with Gasteiger partial charge in [0.15, 0.2) is 0 Å². The molecule has 3 aromatic rings. The summed E-state index contributed by atoms with van der Waals surface area (Å²) in [6.45, 7) is 3.02. The Kier molecular flexibility index (Phi) is 3.70. The van der Waals surface area contributed by atoms with E-state index < -0.39 is 0 Å². The Hall–Kier alpha value is -2.26. The number of pyridine rings is 2. The lowest BCUT2D eigenvalue weighted by Gasteiger charge is -2.20. The van der Waals surface area contributed by atoms with E-state index in [1.165, 1.54) is 21.9 Å². The van der Waals surface area contributed by atoms with E-state index in [1.807, 2.05) is 30.7 Å². The zero-order chi connectivity index (χ0) is 13.8. The Balaban J connectivity index is 2.15. The van der Waals surface area contributed by atoms with Crippen molar-refractivity contribution in [1.82, 2.24) is 15.3 Å². The molecule has 100 valence electrons. The maximum atomic E-state index is 4.27. The third-order valence-electron chi connectivity index (χ3n) is 3.45. The molecule has 3 nitrogen and oxygen atoms in total. The standard InChI is InChI=1S/C17H17N3/c1-2-20-17(14-6-4-9-18-11-14)15-7-3-5-13-8-10-19-12-16(13)15/h3-12,17,20H,2H2,1H3. The van der Waals surface area contributed by atoms with Crippen LogP contribution in [0.1, 0.15) is 24.1 Å². The molecule has 0 saturated carbocycles. The molecular formula is C17H17N3. The van der Waals surface area contributed by atoms with Crippen molar-refractivity contribution < 1.29 is 0 Å². The second-order valence-electron chi connectivity index (χ2n) is 4.72. The molecule has 0 bridgehead atoms. The van der Waals surface area contributed by atoms with Gasteiger partial charge >= 0.3 is 0 Å². The fraction of sp³-hybridized carbons (Fsp3) is 0.176. The van der Waals surface area contributed by atoms with Gasteiger partial charge in [0, 0.05) is 30.2 Å². The lowest BCUT2D eigenvalue weighted by atomic mass is 9.95. The van der Waals surface area contributed by atoms with Gasteiger partial charge < -0.3 is 5.32 Å². The van der Waals surface area contributed by atoms with E-state index in [1.54, 1.807) is 6.20 Å². The summed E-state index contributed by atoms with van der Waals surface area (Å²) in [6, 6.07) is 12.6. The number of hydrogen-bond donors (Lipinski definition) is 1. The first kappa shape index (κ1) is 12.8. The Bertz CT molecular complexity index is 689. The fourth-order valence-electron chi connectivity index (χ4n) is 2.55. The van der Waals surface area contributed by atoms with Crippen LogP contribution in [0, 0.1) is 0 Å². The minimum atomic E-state index is 0.140. The molecule has 0 aliphatic heterocycles. The predicted octanol–water partition coefficient (Wildman–Crippen LogP) is 3.33. The predicted molar refractivity (Wildman–Crippen MR) is 81.5 cm³/mol. The van der Waals surface area contributed by atoms with Gasteiger partial charge in [-0.3, -0.25) is 9.97 Å². The lowest BCUT2D eigenvalue weighted by molar-refractivity contribution is 0.632. The van der Waals surface area contributed by atoms with Crippen LogP contribution < -0.4 is 5.32 Å². The van der Waals surface area contributed by atoms with E-state index in [0.717, 1.165) is 6.54 Å². The van der Waals surface area contributed by atoms with Gasteiger partial charge in [0.05, 0.1) is 6.04 Å². The number of rotatable bonds is 4. The normalized spacial score (nSPS) is 12.4. The van der Waals surface area contributed by atoms with Crippen LogP contribution in [-0.4, -0.2) is 16.5 Å². The Morgan fingerprint density at radius 3 is 2.70 bits per heavy atom. The number of nitrogens with zero attached hydrogens (tertiary/aromatic N) is 2. The van der Waals surface area contributed by atoms with Gasteiger partial charge in [-0.1, -0.05) is 31.2 Å². The summed E-state index contributed by atoms with van der Waals surface area (Å²) < 4.78 is 0. The number of fused-ring (bicyclic) bond motifs is 1. The summed E-state index contributed by atoms with van der Waals surface area (Å²) >= 11 is 0. The summed E-state index contributed by atoms with van der Waals surface area (Å²) in [7, 11) is 0. The first-order valence-electron chi connectivity index (χ1n) is 6.86. The van der Waals surface area contributed by atoms with Gasteiger partial charge in [-0.25, -0.2) is 0 Å². The Morgan fingerprint density at radius 2 is 1.90 bits per heavy atom. The number of aromatic nitrogens is 2. The van der Waals surface area contributed by atoms with Gasteiger partial charge in [0.1, 0.15) is 0 Å². The molecule has 0 fully saturated rings. The number of nitrogens with one attached hydrogen (secondary N) is 1. The zero-order valence-corrected chi connectivity index (χ0v) is 11.5. The number of benzene rings is 1. The van der Waals surface area contributed by atoms with E-state index >= 15 is 0 Å². The molecule has 0 aliphatic carbocycles. The molecule has 1 N–H and O–H groups in total. The van der Waals surface area contributed by atoms with Crippen molar-refractivity contribution in [1.29, 1.82) is 0 Å². The Labute approximate surface area is 118 Å². The highest BCUT2D eigenvalue weighted by Crippen LogP contribution is 2.27. The quantitative estimate of drug-likeness (QED) is 0.784. The third kappa shape index (κ3) is 2.40. The van der Waals surface area contributed by atoms with Crippen molar-refractivity contribution in [2.24, 2.45) is 0 Å². The maximum Gasteiger partial charge on any atom is 0.0598 e. The van der Waals surface area contributed by atoms with Crippen molar-refractivity contribution in [3.05, 3.63) is 72.3 Å². The zero-order valence-electron chi connectivity index (χ0n) is 11.5. The van der Waals surface area contributed by atoms with Crippen LogP contribution in [0.2, 0.25) is 0 Å². The molecule has 0 radical (unpaired) electrons. The molecule has 2 aromatic heterocycles. The monoisotopic (exact) mass is 263 g/mol. The highest BCUT2D eigenvalue weighted by atomic mass is 14.9. The highest BCUT2D eigenvalue weighted by Gasteiger charge is 2.15. The minimum Gasteiger partial charge on any atom is -0.306 e. The average molecular weight is 263 g/mol. The minimum absolute atomic E-state index is 0.140. The van der Waals surface area contributed by atoms with Gasteiger partial charge in [0.2, 0.25) is 0 Å². The SMILES string of the molecule is CCNC(c1cccnc1)c1cccc2ccncc12. The third-order valence-corrected chi connectivity index (χ3v) is 3.45. The summed E-state index contributed by atoms with van der Waals surface area (Å²) in [5.74, 6) is 0. The van der Waals surface area contributed by atoms with Crippen LogP contribution in [0.5, 0.6) is 0 Å². The first-order valence-corrected chi connectivity index (χ1v) is 6.86. The smallest absolute Gasteiger partial charge is 0.0598 e.